The van der Waals surface area contributed by atoms with Crippen LogP contribution in [0, 0.1) is 0 Å². The number of aromatic nitrogens is 1. The molecule has 164 valence electrons. The van der Waals surface area contributed by atoms with E-state index in [9.17, 15) is 31.5 Å². The normalized spacial score (nSPS) is 19.0. The number of pyridine rings is 1. The number of halogens is 5. The first-order chi connectivity index (χ1) is 14.4. The van der Waals surface area contributed by atoms with Crippen molar-refractivity contribution in [1.29, 1.82) is 0 Å². The summed E-state index contributed by atoms with van der Waals surface area (Å²) in [4.78, 5) is 30.1. The molecule has 5 nitrogen and oxygen atoms in total. The highest BCUT2D eigenvalue weighted by Crippen LogP contribution is 2.45. The minimum Gasteiger partial charge on any atom is -0.349 e. The molecule has 2 amide bonds. The summed E-state index contributed by atoms with van der Waals surface area (Å²) in [5, 5.41) is 2.54. The summed E-state index contributed by atoms with van der Waals surface area (Å²) in [6.45, 7) is 1.12. The van der Waals surface area contributed by atoms with E-state index in [0.717, 1.165) is 12.1 Å². The lowest BCUT2D eigenvalue weighted by Gasteiger charge is -2.45. The highest BCUT2D eigenvalue weighted by Gasteiger charge is 2.54. The molecule has 1 saturated carbocycles. The maximum absolute atomic E-state index is 13.2. The van der Waals surface area contributed by atoms with Crippen LogP contribution < -0.4 is 10.2 Å². The number of nitrogens with one attached hydrogen (secondary N) is 1. The second kappa shape index (κ2) is 7.00. The van der Waals surface area contributed by atoms with E-state index in [2.05, 4.69) is 10.3 Å². The van der Waals surface area contributed by atoms with E-state index in [0.29, 0.717) is 16.9 Å². The fraction of sp³-hybridized carbons (Fsp3) is 0.381. The zero-order valence-corrected chi connectivity index (χ0v) is 16.4. The Morgan fingerprint density at radius 3 is 2.55 bits per heavy atom. The Balaban J connectivity index is 1.55. The second-order valence-corrected chi connectivity index (χ2v) is 8.24. The molecule has 10 heteroatoms. The van der Waals surface area contributed by atoms with Crippen LogP contribution >= 0.6 is 0 Å². The van der Waals surface area contributed by atoms with Crippen molar-refractivity contribution in [3.63, 3.8) is 0 Å². The average molecular weight is 439 g/mol. The quantitative estimate of drug-likeness (QED) is 0.734. The van der Waals surface area contributed by atoms with Crippen LogP contribution in [-0.4, -0.2) is 34.8 Å². The zero-order chi connectivity index (χ0) is 22.6. The van der Waals surface area contributed by atoms with Crippen LogP contribution in [0.2, 0.25) is 0 Å². The lowest BCUT2D eigenvalue weighted by atomic mass is 9.75. The molecule has 1 aromatic heterocycles. The first-order valence-electron chi connectivity index (χ1n) is 9.51. The molecule has 1 N–H and O–H groups in total. The maximum Gasteiger partial charge on any atom is 0.416 e. The minimum atomic E-state index is -4.51. The van der Waals surface area contributed by atoms with Crippen molar-refractivity contribution >= 4 is 17.5 Å². The molecule has 1 fully saturated rings. The van der Waals surface area contributed by atoms with Gasteiger partial charge >= 0.3 is 6.18 Å². The fourth-order valence-corrected chi connectivity index (χ4v) is 4.13. The van der Waals surface area contributed by atoms with E-state index in [1.165, 1.54) is 36.2 Å². The monoisotopic (exact) mass is 439 g/mol. The van der Waals surface area contributed by atoms with Gasteiger partial charge in [0.25, 0.3) is 5.92 Å². The molecule has 0 bridgehead atoms. The molecular formula is C21H18F5N3O2. The predicted octanol–water partition coefficient (Wildman–Crippen LogP) is 3.96. The van der Waals surface area contributed by atoms with E-state index in [-0.39, 0.29) is 18.5 Å². The van der Waals surface area contributed by atoms with Crippen LogP contribution in [0.1, 0.15) is 31.0 Å². The molecule has 4 rings (SSSR count). The van der Waals surface area contributed by atoms with Crippen LogP contribution in [0.15, 0.2) is 36.5 Å². The van der Waals surface area contributed by atoms with Gasteiger partial charge in [-0.1, -0.05) is 12.1 Å². The molecule has 31 heavy (non-hydrogen) atoms. The van der Waals surface area contributed by atoms with Crippen molar-refractivity contribution in [1.82, 2.24) is 10.3 Å². The third kappa shape index (κ3) is 4.24. The van der Waals surface area contributed by atoms with Gasteiger partial charge < -0.3 is 10.2 Å². The van der Waals surface area contributed by atoms with Crippen LogP contribution in [0.4, 0.5) is 27.6 Å². The van der Waals surface area contributed by atoms with Crippen molar-refractivity contribution in [3.05, 3.63) is 47.8 Å². The lowest BCUT2D eigenvalue weighted by Crippen LogP contribution is -2.61. The van der Waals surface area contributed by atoms with Gasteiger partial charge in [0.05, 0.1) is 23.4 Å². The molecule has 1 aliphatic heterocycles. The summed E-state index contributed by atoms with van der Waals surface area (Å²) < 4.78 is 65.4. The molecule has 2 aliphatic rings. The summed E-state index contributed by atoms with van der Waals surface area (Å²) in [5.41, 5.74) is -0.518. The number of carbonyl (C=O) groups excluding carboxylic acids is 2. The SMILES string of the molecule is CC1(NC(=O)CN2C(=O)Cc3ncc(-c4cccc(C(F)(F)F)c4)cc32)CC(F)(F)C1. The highest BCUT2D eigenvalue weighted by atomic mass is 19.4. The summed E-state index contributed by atoms with van der Waals surface area (Å²) in [6, 6.07) is 6.21. The fourth-order valence-electron chi connectivity index (χ4n) is 4.13. The molecule has 2 heterocycles. The Hall–Kier alpha value is -3.04. The number of nitrogens with zero attached hydrogens (tertiary/aromatic N) is 2. The number of hydrogen-bond donors (Lipinski definition) is 1. The zero-order valence-electron chi connectivity index (χ0n) is 16.4. The molecule has 0 spiro atoms. The third-order valence-corrected chi connectivity index (χ3v) is 5.42. The van der Waals surface area contributed by atoms with Crippen LogP contribution in [0.5, 0.6) is 0 Å². The van der Waals surface area contributed by atoms with Gasteiger partial charge in [-0.2, -0.15) is 13.2 Å². The number of anilines is 1. The van der Waals surface area contributed by atoms with E-state index >= 15 is 0 Å². The molecule has 1 aromatic carbocycles. The summed E-state index contributed by atoms with van der Waals surface area (Å²) in [5.74, 6) is -3.81. The number of rotatable bonds is 4. The molecule has 0 unspecified atom stereocenters. The van der Waals surface area contributed by atoms with Crippen molar-refractivity contribution in [3.8, 4) is 11.1 Å². The van der Waals surface area contributed by atoms with Crippen molar-refractivity contribution in [2.45, 2.75) is 43.8 Å². The highest BCUT2D eigenvalue weighted by molar-refractivity contribution is 6.05. The number of hydrogen-bond acceptors (Lipinski definition) is 3. The molecule has 0 atom stereocenters. The average Bonchev–Trinajstić information content (AvgIpc) is 2.93. The first-order valence-corrected chi connectivity index (χ1v) is 9.51. The Kier molecular flexibility index (Phi) is 4.79. The van der Waals surface area contributed by atoms with Gasteiger partial charge in [-0.3, -0.25) is 14.6 Å². The van der Waals surface area contributed by atoms with E-state index in [4.69, 9.17) is 0 Å². The Bertz CT molecular complexity index is 1060. The Morgan fingerprint density at radius 2 is 1.90 bits per heavy atom. The molecule has 0 saturated heterocycles. The van der Waals surface area contributed by atoms with Gasteiger partial charge in [0.1, 0.15) is 6.54 Å². The number of benzene rings is 1. The van der Waals surface area contributed by atoms with Crippen molar-refractivity contribution in [2.75, 3.05) is 11.4 Å². The summed E-state index contributed by atoms with van der Waals surface area (Å²) in [6.07, 6.45) is -4.13. The third-order valence-electron chi connectivity index (χ3n) is 5.42. The van der Waals surface area contributed by atoms with E-state index in [1.807, 2.05) is 0 Å². The molecule has 0 radical (unpaired) electrons. The smallest absolute Gasteiger partial charge is 0.349 e. The predicted molar refractivity (Wildman–Crippen MR) is 101 cm³/mol. The minimum absolute atomic E-state index is 0.0547. The first kappa shape index (κ1) is 21.2. The molecule has 2 aromatic rings. The second-order valence-electron chi connectivity index (χ2n) is 8.24. The summed E-state index contributed by atoms with van der Waals surface area (Å²) in [7, 11) is 0. The Labute approximate surface area is 174 Å². The van der Waals surface area contributed by atoms with Crippen molar-refractivity contribution in [2.24, 2.45) is 0 Å². The number of carbonyl (C=O) groups is 2. The van der Waals surface area contributed by atoms with Gasteiger partial charge in [-0.25, -0.2) is 8.78 Å². The van der Waals surface area contributed by atoms with E-state index < -0.39 is 47.9 Å². The van der Waals surface area contributed by atoms with Gasteiger partial charge in [0, 0.05) is 30.1 Å². The maximum atomic E-state index is 13.2. The molecule has 1 aliphatic carbocycles. The van der Waals surface area contributed by atoms with Gasteiger partial charge in [0.15, 0.2) is 0 Å². The topological polar surface area (TPSA) is 62.3 Å². The summed E-state index contributed by atoms with van der Waals surface area (Å²) >= 11 is 0. The lowest BCUT2D eigenvalue weighted by molar-refractivity contribution is -0.143. The number of amides is 2. The van der Waals surface area contributed by atoms with Crippen LogP contribution in [0.3, 0.4) is 0 Å². The standard InChI is InChI=1S/C21H18F5N3O2/c1-19(10-20(22,23)11-19)28-17(30)9-29-16-6-13(8-27-15(16)7-18(29)31)12-3-2-4-14(5-12)21(24,25)26/h2-6,8H,7,9-11H2,1H3,(H,28,30). The molecular weight excluding hydrogens is 421 g/mol. The van der Waals surface area contributed by atoms with Crippen molar-refractivity contribution < 1.29 is 31.5 Å². The number of fused-ring (bicyclic) bond motifs is 1. The Morgan fingerprint density at radius 1 is 1.19 bits per heavy atom. The van der Waals surface area contributed by atoms with Crippen LogP contribution in [0.25, 0.3) is 11.1 Å². The number of alkyl halides is 5. The van der Waals surface area contributed by atoms with Gasteiger partial charge in [-0.15, -0.1) is 0 Å². The van der Waals surface area contributed by atoms with Gasteiger partial charge in [0.2, 0.25) is 11.8 Å². The van der Waals surface area contributed by atoms with Gasteiger partial charge in [-0.05, 0) is 30.7 Å². The van der Waals surface area contributed by atoms with E-state index in [1.54, 1.807) is 0 Å². The van der Waals surface area contributed by atoms with Crippen LogP contribution in [-0.2, 0) is 22.2 Å². The largest absolute Gasteiger partial charge is 0.416 e.